The van der Waals surface area contributed by atoms with Gasteiger partial charge in [0.2, 0.25) is 0 Å². The van der Waals surface area contributed by atoms with Crippen LogP contribution in [0.4, 0.5) is 17.1 Å². The first-order valence-electron chi connectivity index (χ1n) is 17.5. The average molecular weight is 650 g/mol. The molecule has 9 aromatic carbocycles. The van der Waals surface area contributed by atoms with Crippen LogP contribution in [0.25, 0.3) is 66.1 Å². The van der Waals surface area contributed by atoms with Crippen molar-refractivity contribution in [2.24, 2.45) is 0 Å². The van der Waals surface area contributed by atoms with Crippen molar-refractivity contribution in [3.05, 3.63) is 212 Å². The maximum atomic E-state index is 2.44. The predicted molar refractivity (Wildman–Crippen MR) is 218 cm³/mol. The van der Waals surface area contributed by atoms with Gasteiger partial charge in [-0.2, -0.15) is 0 Å². The van der Waals surface area contributed by atoms with Gasteiger partial charge < -0.3 is 4.90 Å². The number of hydrogen-bond acceptors (Lipinski definition) is 1. The molecule has 0 atom stereocenters. The largest absolute Gasteiger partial charge is 0.309 e. The number of para-hydroxylation sites is 1. The van der Waals surface area contributed by atoms with E-state index in [0.717, 1.165) is 11.4 Å². The molecular formula is C50H35N. The minimum absolute atomic E-state index is 1.11. The lowest BCUT2D eigenvalue weighted by Gasteiger charge is -2.30. The molecule has 0 aliphatic rings. The van der Waals surface area contributed by atoms with E-state index in [1.807, 2.05) is 0 Å². The van der Waals surface area contributed by atoms with E-state index >= 15 is 0 Å². The van der Waals surface area contributed by atoms with E-state index in [0.29, 0.717) is 0 Å². The van der Waals surface area contributed by atoms with Crippen LogP contribution in [0, 0.1) is 0 Å². The summed E-state index contributed by atoms with van der Waals surface area (Å²) >= 11 is 0. The summed E-state index contributed by atoms with van der Waals surface area (Å²) in [6.07, 6.45) is 0. The Hall–Kier alpha value is -6.70. The molecule has 0 aromatic heterocycles. The highest BCUT2D eigenvalue weighted by atomic mass is 15.1. The number of nitrogens with zero attached hydrogens (tertiary/aromatic N) is 1. The molecule has 9 rings (SSSR count). The van der Waals surface area contributed by atoms with Crippen LogP contribution in [-0.4, -0.2) is 0 Å². The smallest absolute Gasteiger partial charge is 0.0624 e. The molecule has 0 amide bonds. The Balaban J connectivity index is 1.23. The second-order valence-corrected chi connectivity index (χ2v) is 12.9. The zero-order chi connectivity index (χ0) is 34.0. The van der Waals surface area contributed by atoms with Gasteiger partial charge in [-0.25, -0.2) is 0 Å². The Morgan fingerprint density at radius 3 is 1.02 bits per heavy atom. The second-order valence-electron chi connectivity index (χ2n) is 12.9. The van der Waals surface area contributed by atoms with Gasteiger partial charge in [-0.1, -0.05) is 188 Å². The van der Waals surface area contributed by atoms with Gasteiger partial charge in [-0.3, -0.25) is 0 Å². The van der Waals surface area contributed by atoms with E-state index in [1.165, 1.54) is 71.7 Å². The van der Waals surface area contributed by atoms with Crippen molar-refractivity contribution in [2.75, 3.05) is 4.90 Å². The van der Waals surface area contributed by atoms with Crippen molar-refractivity contribution in [3.8, 4) is 44.5 Å². The van der Waals surface area contributed by atoms with Gasteiger partial charge in [-0.15, -0.1) is 0 Å². The molecule has 0 aliphatic carbocycles. The van der Waals surface area contributed by atoms with Crippen LogP contribution >= 0.6 is 0 Å². The first-order chi connectivity index (χ1) is 25.3. The molecule has 9 aromatic rings. The number of hydrogen-bond donors (Lipinski definition) is 0. The Morgan fingerprint density at radius 2 is 0.529 bits per heavy atom. The van der Waals surface area contributed by atoms with Gasteiger partial charge in [0, 0.05) is 22.3 Å². The van der Waals surface area contributed by atoms with Gasteiger partial charge in [0.05, 0.1) is 5.69 Å². The molecule has 0 bridgehead atoms. The van der Waals surface area contributed by atoms with E-state index < -0.39 is 0 Å². The lowest BCUT2D eigenvalue weighted by Crippen LogP contribution is -2.12. The van der Waals surface area contributed by atoms with Crippen LogP contribution in [0.15, 0.2) is 212 Å². The molecule has 51 heavy (non-hydrogen) atoms. The second kappa shape index (κ2) is 13.3. The zero-order valence-electron chi connectivity index (χ0n) is 28.2. The van der Waals surface area contributed by atoms with Crippen molar-refractivity contribution in [1.82, 2.24) is 0 Å². The van der Waals surface area contributed by atoms with E-state index in [-0.39, 0.29) is 0 Å². The summed E-state index contributed by atoms with van der Waals surface area (Å²) in [4.78, 5) is 2.44. The summed E-state index contributed by atoms with van der Waals surface area (Å²) in [5.74, 6) is 0. The van der Waals surface area contributed by atoms with Crippen molar-refractivity contribution < 1.29 is 0 Å². The highest BCUT2D eigenvalue weighted by Crippen LogP contribution is 2.49. The number of fused-ring (bicyclic) bond motifs is 3. The molecule has 1 nitrogen and oxygen atoms in total. The SMILES string of the molecule is c1ccc(-c2ccc(-c3ccc(N(c4ccccc4)c4c(-c5ccc(-c6ccccc6)cc5)c5ccccc5c5ccccc45)cc3)cc2)cc1. The molecule has 0 aliphatic heterocycles. The van der Waals surface area contributed by atoms with Gasteiger partial charge >= 0.3 is 0 Å². The van der Waals surface area contributed by atoms with Crippen LogP contribution in [0.1, 0.15) is 0 Å². The first-order valence-corrected chi connectivity index (χ1v) is 17.5. The third-order valence-electron chi connectivity index (χ3n) is 9.88. The molecule has 0 saturated heterocycles. The van der Waals surface area contributed by atoms with Crippen molar-refractivity contribution in [2.45, 2.75) is 0 Å². The van der Waals surface area contributed by atoms with Crippen LogP contribution in [0.5, 0.6) is 0 Å². The first kappa shape index (κ1) is 30.4. The molecule has 0 fully saturated rings. The highest BCUT2D eigenvalue weighted by molar-refractivity contribution is 6.22. The Labute approximate surface area is 299 Å². The quantitative estimate of drug-likeness (QED) is 0.155. The van der Waals surface area contributed by atoms with E-state index in [2.05, 4.69) is 217 Å². The average Bonchev–Trinajstić information content (AvgIpc) is 3.22. The number of rotatable bonds is 7. The van der Waals surface area contributed by atoms with E-state index in [9.17, 15) is 0 Å². The van der Waals surface area contributed by atoms with Crippen LogP contribution < -0.4 is 4.90 Å². The van der Waals surface area contributed by atoms with Crippen LogP contribution in [0.2, 0.25) is 0 Å². The van der Waals surface area contributed by atoms with Gasteiger partial charge in [0.1, 0.15) is 0 Å². The van der Waals surface area contributed by atoms with E-state index in [1.54, 1.807) is 0 Å². The lowest BCUT2D eigenvalue weighted by molar-refractivity contribution is 1.30. The van der Waals surface area contributed by atoms with Crippen LogP contribution in [-0.2, 0) is 0 Å². The lowest BCUT2D eigenvalue weighted by atomic mass is 9.89. The summed E-state index contributed by atoms with van der Waals surface area (Å²) in [7, 11) is 0. The summed E-state index contributed by atoms with van der Waals surface area (Å²) in [6.45, 7) is 0. The van der Waals surface area contributed by atoms with Crippen molar-refractivity contribution in [3.63, 3.8) is 0 Å². The molecule has 0 N–H and O–H groups in total. The monoisotopic (exact) mass is 649 g/mol. The zero-order valence-corrected chi connectivity index (χ0v) is 28.2. The highest BCUT2D eigenvalue weighted by Gasteiger charge is 2.23. The number of anilines is 3. The third-order valence-corrected chi connectivity index (χ3v) is 9.88. The normalized spacial score (nSPS) is 11.1. The minimum Gasteiger partial charge on any atom is -0.309 e. The summed E-state index contributed by atoms with van der Waals surface area (Å²) in [5.41, 5.74) is 13.0. The molecule has 0 radical (unpaired) electrons. The molecular weight excluding hydrogens is 615 g/mol. The summed E-state index contributed by atoms with van der Waals surface area (Å²) in [6, 6.07) is 76.6. The topological polar surface area (TPSA) is 3.24 Å². The Kier molecular flexibility index (Phi) is 7.92. The fourth-order valence-corrected chi connectivity index (χ4v) is 7.38. The maximum Gasteiger partial charge on any atom is 0.0624 e. The predicted octanol–water partition coefficient (Wildman–Crippen LogP) is 14.1. The molecule has 0 saturated carbocycles. The third kappa shape index (κ3) is 5.75. The Bertz CT molecular complexity index is 2570. The van der Waals surface area contributed by atoms with Gasteiger partial charge in [0.25, 0.3) is 0 Å². The molecule has 0 heterocycles. The Morgan fingerprint density at radius 1 is 0.216 bits per heavy atom. The van der Waals surface area contributed by atoms with Crippen LogP contribution in [0.3, 0.4) is 0 Å². The van der Waals surface area contributed by atoms with E-state index in [4.69, 9.17) is 0 Å². The number of benzene rings is 9. The molecule has 0 spiro atoms. The van der Waals surface area contributed by atoms with Crippen molar-refractivity contribution in [1.29, 1.82) is 0 Å². The maximum absolute atomic E-state index is 2.44. The summed E-state index contributed by atoms with van der Waals surface area (Å²) in [5, 5.41) is 4.93. The molecule has 240 valence electrons. The standard InChI is InChI=1S/C50H35N/c1-4-14-36(15-5-1)38-24-26-40(27-25-38)41-32-34-44(35-33-41)51(43-18-8-3-9-19-43)50-48-23-13-11-21-46(48)45-20-10-12-22-47(45)49(50)42-30-28-39(29-31-42)37-16-6-2-7-17-37/h1-35H. The summed E-state index contributed by atoms with van der Waals surface area (Å²) < 4.78 is 0. The fourth-order valence-electron chi connectivity index (χ4n) is 7.38. The molecule has 0 unspecified atom stereocenters. The minimum atomic E-state index is 1.11. The fraction of sp³-hybridized carbons (Fsp3) is 0. The van der Waals surface area contributed by atoms with Gasteiger partial charge in [0.15, 0.2) is 0 Å². The van der Waals surface area contributed by atoms with Crippen molar-refractivity contribution >= 4 is 38.6 Å². The molecule has 1 heteroatoms. The van der Waals surface area contributed by atoms with Gasteiger partial charge in [-0.05, 0) is 79.4 Å².